The number of halogens is 1. The SMILES string of the molecule is CCn1c(-c2ccccc2F)c(CN)c2ccccc21. The van der Waals surface area contributed by atoms with Crippen LogP contribution in [0.5, 0.6) is 0 Å². The van der Waals surface area contributed by atoms with Gasteiger partial charge in [0.1, 0.15) is 5.82 Å². The van der Waals surface area contributed by atoms with Gasteiger partial charge in [-0.05, 0) is 30.7 Å². The lowest BCUT2D eigenvalue weighted by atomic mass is 10.0. The molecule has 0 amide bonds. The molecule has 2 nitrogen and oxygen atoms in total. The summed E-state index contributed by atoms with van der Waals surface area (Å²) in [5.74, 6) is -0.209. The summed E-state index contributed by atoms with van der Waals surface area (Å²) in [6.45, 7) is 3.25. The molecule has 0 unspecified atom stereocenters. The predicted octanol–water partition coefficient (Wildman–Crippen LogP) is 3.93. The average molecular weight is 268 g/mol. The fourth-order valence-electron chi connectivity index (χ4n) is 2.87. The number of nitrogens with zero attached hydrogens (tertiary/aromatic N) is 1. The van der Waals surface area contributed by atoms with Crippen LogP contribution < -0.4 is 5.73 Å². The molecule has 2 aromatic carbocycles. The van der Waals surface area contributed by atoms with Crippen molar-refractivity contribution >= 4 is 10.9 Å². The third-order valence-electron chi connectivity index (χ3n) is 3.73. The molecule has 0 atom stereocenters. The summed E-state index contributed by atoms with van der Waals surface area (Å²) in [6, 6.07) is 15.0. The minimum atomic E-state index is -0.209. The van der Waals surface area contributed by atoms with Crippen LogP contribution in [0.25, 0.3) is 22.2 Å². The zero-order valence-corrected chi connectivity index (χ0v) is 11.4. The van der Waals surface area contributed by atoms with Crippen LogP contribution in [0, 0.1) is 5.82 Å². The van der Waals surface area contributed by atoms with Crippen molar-refractivity contribution in [3.8, 4) is 11.3 Å². The molecule has 3 heteroatoms. The Morgan fingerprint density at radius 1 is 1.05 bits per heavy atom. The topological polar surface area (TPSA) is 30.9 Å². The van der Waals surface area contributed by atoms with Crippen molar-refractivity contribution in [3.63, 3.8) is 0 Å². The number of hydrogen-bond acceptors (Lipinski definition) is 1. The van der Waals surface area contributed by atoms with Crippen LogP contribution in [0.1, 0.15) is 12.5 Å². The normalized spacial score (nSPS) is 11.2. The van der Waals surface area contributed by atoms with Gasteiger partial charge in [0, 0.05) is 29.6 Å². The number of hydrogen-bond donors (Lipinski definition) is 1. The Morgan fingerprint density at radius 2 is 1.75 bits per heavy atom. The van der Waals surface area contributed by atoms with Gasteiger partial charge in [0.05, 0.1) is 5.69 Å². The maximum absolute atomic E-state index is 14.2. The Kier molecular flexibility index (Phi) is 3.28. The van der Waals surface area contributed by atoms with Gasteiger partial charge in [-0.15, -0.1) is 0 Å². The predicted molar refractivity (Wildman–Crippen MR) is 80.9 cm³/mol. The molecule has 0 bridgehead atoms. The van der Waals surface area contributed by atoms with Gasteiger partial charge in [-0.1, -0.05) is 30.3 Å². The number of benzene rings is 2. The molecule has 3 rings (SSSR count). The van der Waals surface area contributed by atoms with Gasteiger partial charge in [0.2, 0.25) is 0 Å². The van der Waals surface area contributed by atoms with Gasteiger partial charge < -0.3 is 10.3 Å². The van der Waals surface area contributed by atoms with E-state index in [0.29, 0.717) is 12.1 Å². The Morgan fingerprint density at radius 3 is 2.45 bits per heavy atom. The van der Waals surface area contributed by atoms with Gasteiger partial charge in [0.25, 0.3) is 0 Å². The van der Waals surface area contributed by atoms with Gasteiger partial charge in [-0.3, -0.25) is 0 Å². The Balaban J connectivity index is 2.43. The van der Waals surface area contributed by atoms with Crippen molar-refractivity contribution in [2.45, 2.75) is 20.0 Å². The Bertz CT molecular complexity index is 718. The van der Waals surface area contributed by atoms with Gasteiger partial charge in [-0.2, -0.15) is 0 Å². The van der Waals surface area contributed by atoms with Crippen LogP contribution in [0.15, 0.2) is 48.5 Å². The highest BCUT2D eigenvalue weighted by Gasteiger charge is 2.18. The molecular weight excluding hydrogens is 251 g/mol. The summed E-state index contributed by atoms with van der Waals surface area (Å²) in [7, 11) is 0. The van der Waals surface area contributed by atoms with Crippen LogP contribution in [-0.4, -0.2) is 4.57 Å². The van der Waals surface area contributed by atoms with Crippen LogP contribution in [-0.2, 0) is 13.1 Å². The second-order valence-electron chi connectivity index (χ2n) is 4.77. The zero-order valence-electron chi connectivity index (χ0n) is 11.4. The lowest BCUT2D eigenvalue weighted by Crippen LogP contribution is -2.03. The third kappa shape index (κ3) is 1.82. The second kappa shape index (κ2) is 5.10. The summed E-state index contributed by atoms with van der Waals surface area (Å²) < 4.78 is 16.3. The number of nitrogens with two attached hydrogens (primary N) is 1. The standard InChI is InChI=1S/C17H17FN2/c1-2-20-16-10-6-4-7-12(16)14(11-19)17(20)13-8-3-5-9-15(13)18/h3-10H,2,11,19H2,1H3. The summed E-state index contributed by atoms with van der Waals surface area (Å²) >= 11 is 0. The first-order valence-corrected chi connectivity index (χ1v) is 6.83. The van der Waals surface area contributed by atoms with Crippen LogP contribution in [0.2, 0.25) is 0 Å². The summed E-state index contributed by atoms with van der Waals surface area (Å²) in [6.07, 6.45) is 0. The number of aryl methyl sites for hydroxylation is 1. The average Bonchev–Trinajstić information content (AvgIpc) is 2.81. The van der Waals surface area contributed by atoms with E-state index < -0.39 is 0 Å². The lowest BCUT2D eigenvalue weighted by Gasteiger charge is -2.10. The molecule has 1 heterocycles. The number of rotatable bonds is 3. The highest BCUT2D eigenvalue weighted by molar-refractivity contribution is 5.92. The van der Waals surface area contributed by atoms with E-state index in [4.69, 9.17) is 5.73 Å². The molecule has 0 aliphatic heterocycles. The largest absolute Gasteiger partial charge is 0.340 e. The molecule has 0 aliphatic rings. The van der Waals surface area contributed by atoms with Crippen LogP contribution >= 0.6 is 0 Å². The lowest BCUT2D eigenvalue weighted by molar-refractivity contribution is 0.628. The molecule has 3 aromatic rings. The van der Waals surface area contributed by atoms with Crippen molar-refractivity contribution in [1.29, 1.82) is 0 Å². The quantitative estimate of drug-likeness (QED) is 0.766. The van der Waals surface area contributed by atoms with Crippen molar-refractivity contribution in [3.05, 3.63) is 59.9 Å². The molecule has 2 N–H and O–H groups in total. The second-order valence-corrected chi connectivity index (χ2v) is 4.77. The van der Waals surface area contributed by atoms with Crippen LogP contribution in [0.4, 0.5) is 4.39 Å². The monoisotopic (exact) mass is 268 g/mol. The summed E-state index contributed by atoms with van der Waals surface area (Å²) in [5.41, 5.74) is 9.56. The van der Waals surface area contributed by atoms with Gasteiger partial charge >= 0.3 is 0 Å². The highest BCUT2D eigenvalue weighted by atomic mass is 19.1. The van der Waals surface area contributed by atoms with Crippen LogP contribution in [0.3, 0.4) is 0 Å². The van der Waals surface area contributed by atoms with Crippen molar-refractivity contribution in [2.24, 2.45) is 5.73 Å². The zero-order chi connectivity index (χ0) is 14.1. The van der Waals surface area contributed by atoms with E-state index in [-0.39, 0.29) is 5.82 Å². The fraction of sp³-hybridized carbons (Fsp3) is 0.176. The van der Waals surface area contributed by atoms with E-state index in [2.05, 4.69) is 17.6 Å². The highest BCUT2D eigenvalue weighted by Crippen LogP contribution is 2.34. The molecule has 0 fully saturated rings. The molecule has 102 valence electrons. The number of para-hydroxylation sites is 1. The minimum Gasteiger partial charge on any atom is -0.340 e. The number of fused-ring (bicyclic) bond motifs is 1. The van der Waals surface area contributed by atoms with E-state index in [1.165, 1.54) is 6.07 Å². The maximum Gasteiger partial charge on any atom is 0.132 e. The molecule has 0 spiro atoms. The molecular formula is C17H17FN2. The van der Waals surface area contributed by atoms with E-state index in [1.54, 1.807) is 6.07 Å². The van der Waals surface area contributed by atoms with Crippen molar-refractivity contribution in [1.82, 2.24) is 4.57 Å². The molecule has 1 aromatic heterocycles. The smallest absolute Gasteiger partial charge is 0.132 e. The maximum atomic E-state index is 14.2. The molecule has 0 aliphatic carbocycles. The molecule has 0 saturated carbocycles. The summed E-state index contributed by atoms with van der Waals surface area (Å²) in [5, 5.41) is 1.11. The van der Waals surface area contributed by atoms with Gasteiger partial charge in [-0.25, -0.2) is 4.39 Å². The Hall–Kier alpha value is -2.13. The van der Waals surface area contributed by atoms with Crippen molar-refractivity contribution < 1.29 is 4.39 Å². The first-order chi connectivity index (χ1) is 9.77. The third-order valence-corrected chi connectivity index (χ3v) is 3.73. The fourth-order valence-corrected chi connectivity index (χ4v) is 2.87. The van der Waals surface area contributed by atoms with E-state index >= 15 is 0 Å². The van der Waals surface area contributed by atoms with Crippen molar-refractivity contribution in [2.75, 3.05) is 0 Å². The summed E-state index contributed by atoms with van der Waals surface area (Å²) in [4.78, 5) is 0. The first kappa shape index (κ1) is 12.9. The minimum absolute atomic E-state index is 0.209. The van der Waals surface area contributed by atoms with E-state index in [0.717, 1.165) is 28.7 Å². The molecule has 0 radical (unpaired) electrons. The van der Waals surface area contributed by atoms with Gasteiger partial charge in [0.15, 0.2) is 0 Å². The van der Waals surface area contributed by atoms with E-state index in [1.807, 2.05) is 30.3 Å². The number of aromatic nitrogens is 1. The molecule has 0 saturated heterocycles. The molecule has 20 heavy (non-hydrogen) atoms. The van der Waals surface area contributed by atoms with E-state index in [9.17, 15) is 4.39 Å². The Labute approximate surface area is 117 Å². The first-order valence-electron chi connectivity index (χ1n) is 6.83.